The lowest BCUT2D eigenvalue weighted by Gasteiger charge is -2.20. The fourth-order valence-electron chi connectivity index (χ4n) is 3.50. The zero-order chi connectivity index (χ0) is 23.0. The van der Waals surface area contributed by atoms with Gasteiger partial charge in [-0.3, -0.25) is 9.20 Å². The van der Waals surface area contributed by atoms with E-state index in [2.05, 4.69) is 15.3 Å². The summed E-state index contributed by atoms with van der Waals surface area (Å²) in [6, 6.07) is 11.2. The number of aromatic nitrogens is 3. The molecule has 0 saturated carbocycles. The first-order chi connectivity index (χ1) is 15.3. The number of nitriles is 1. The van der Waals surface area contributed by atoms with Crippen molar-refractivity contribution in [1.82, 2.24) is 14.4 Å². The van der Waals surface area contributed by atoms with E-state index in [1.54, 1.807) is 13.0 Å². The average molecular weight is 433 g/mol. The molecular weight excluding hydrogens is 416 g/mol. The Morgan fingerprint density at radius 1 is 1.09 bits per heavy atom. The molecule has 8 nitrogen and oxygen atoms in total. The van der Waals surface area contributed by atoms with Crippen LogP contribution >= 0.6 is 0 Å². The molecule has 5 N–H and O–H groups in total. The number of anilines is 3. The fourth-order valence-corrected chi connectivity index (χ4v) is 3.50. The SMILES string of the molecule is CC(Nc1nc(N)nc(N)c1C#N)c1cc2ccc(F)cn2c(=O)c1-c1ccc(F)cc1. The Balaban J connectivity index is 1.93. The molecule has 0 spiro atoms. The third kappa shape index (κ3) is 3.67. The minimum Gasteiger partial charge on any atom is -0.382 e. The predicted molar refractivity (Wildman–Crippen MR) is 117 cm³/mol. The van der Waals surface area contributed by atoms with Crippen LogP contribution in [0.5, 0.6) is 0 Å². The molecule has 4 aromatic rings. The molecule has 1 atom stereocenters. The van der Waals surface area contributed by atoms with Crippen molar-refractivity contribution >= 4 is 23.1 Å². The molecule has 0 saturated heterocycles. The second-order valence-corrected chi connectivity index (χ2v) is 7.10. The van der Waals surface area contributed by atoms with Gasteiger partial charge < -0.3 is 16.8 Å². The first-order valence-electron chi connectivity index (χ1n) is 9.49. The lowest BCUT2D eigenvalue weighted by Crippen LogP contribution is -2.21. The summed E-state index contributed by atoms with van der Waals surface area (Å²) < 4.78 is 28.5. The number of nitrogen functional groups attached to an aromatic ring is 2. The third-order valence-electron chi connectivity index (χ3n) is 4.99. The zero-order valence-electron chi connectivity index (χ0n) is 16.8. The van der Waals surface area contributed by atoms with E-state index in [0.717, 1.165) is 6.20 Å². The molecule has 0 radical (unpaired) electrons. The van der Waals surface area contributed by atoms with Crippen LogP contribution in [-0.2, 0) is 0 Å². The van der Waals surface area contributed by atoms with Crippen LogP contribution in [0.25, 0.3) is 16.6 Å². The summed E-state index contributed by atoms with van der Waals surface area (Å²) in [5.41, 5.74) is 12.6. The molecule has 0 aliphatic carbocycles. The van der Waals surface area contributed by atoms with Crippen LogP contribution < -0.4 is 22.3 Å². The van der Waals surface area contributed by atoms with Gasteiger partial charge in [0.2, 0.25) is 5.95 Å². The Labute approximate surface area is 180 Å². The lowest BCUT2D eigenvalue weighted by molar-refractivity contribution is 0.618. The highest BCUT2D eigenvalue weighted by Gasteiger charge is 2.21. The normalized spacial score (nSPS) is 11.8. The summed E-state index contributed by atoms with van der Waals surface area (Å²) in [6.07, 6.45) is 1.09. The Kier molecular flexibility index (Phi) is 5.16. The smallest absolute Gasteiger partial charge is 0.263 e. The van der Waals surface area contributed by atoms with Gasteiger partial charge in [0.1, 0.15) is 29.1 Å². The maximum absolute atomic E-state index is 13.8. The summed E-state index contributed by atoms with van der Waals surface area (Å²) in [6.45, 7) is 1.75. The number of rotatable bonds is 4. The molecule has 1 unspecified atom stereocenters. The van der Waals surface area contributed by atoms with Gasteiger partial charge in [0.05, 0.1) is 11.6 Å². The van der Waals surface area contributed by atoms with E-state index in [-0.39, 0.29) is 28.7 Å². The van der Waals surface area contributed by atoms with Crippen molar-refractivity contribution in [1.29, 1.82) is 5.26 Å². The number of halogens is 2. The van der Waals surface area contributed by atoms with Crippen LogP contribution in [-0.4, -0.2) is 14.4 Å². The van der Waals surface area contributed by atoms with Crippen molar-refractivity contribution in [2.75, 3.05) is 16.8 Å². The van der Waals surface area contributed by atoms with E-state index in [0.29, 0.717) is 16.6 Å². The Morgan fingerprint density at radius 2 is 1.78 bits per heavy atom. The van der Waals surface area contributed by atoms with Gasteiger partial charge in [0.25, 0.3) is 5.56 Å². The van der Waals surface area contributed by atoms with Crippen LogP contribution in [0.1, 0.15) is 24.1 Å². The topological polar surface area (TPSA) is 135 Å². The highest BCUT2D eigenvalue weighted by Crippen LogP contribution is 2.30. The number of hydrogen-bond donors (Lipinski definition) is 3. The van der Waals surface area contributed by atoms with Crippen LogP contribution in [0, 0.1) is 23.0 Å². The van der Waals surface area contributed by atoms with Crippen molar-refractivity contribution in [2.24, 2.45) is 0 Å². The molecule has 3 aromatic heterocycles. The molecule has 3 heterocycles. The summed E-state index contributed by atoms with van der Waals surface area (Å²) in [4.78, 5) is 21.2. The number of nitrogens with one attached hydrogen (secondary N) is 1. The number of pyridine rings is 2. The van der Waals surface area contributed by atoms with Gasteiger partial charge in [-0.15, -0.1) is 0 Å². The second-order valence-electron chi connectivity index (χ2n) is 7.10. The molecule has 160 valence electrons. The largest absolute Gasteiger partial charge is 0.382 e. The summed E-state index contributed by atoms with van der Waals surface area (Å²) in [5, 5.41) is 12.5. The first-order valence-corrected chi connectivity index (χ1v) is 9.49. The molecule has 0 bridgehead atoms. The zero-order valence-corrected chi connectivity index (χ0v) is 16.8. The van der Waals surface area contributed by atoms with Crippen LogP contribution in [0.4, 0.5) is 26.4 Å². The second kappa shape index (κ2) is 7.96. The van der Waals surface area contributed by atoms with Crippen LogP contribution in [0.2, 0.25) is 0 Å². The number of hydrogen-bond acceptors (Lipinski definition) is 7. The average Bonchev–Trinajstić information content (AvgIpc) is 2.74. The van der Waals surface area contributed by atoms with E-state index in [9.17, 15) is 18.8 Å². The van der Waals surface area contributed by atoms with Crippen LogP contribution in [0.15, 0.2) is 53.5 Å². The monoisotopic (exact) mass is 433 g/mol. The molecule has 0 amide bonds. The molecule has 4 rings (SSSR count). The lowest BCUT2D eigenvalue weighted by atomic mass is 9.96. The van der Waals surface area contributed by atoms with E-state index in [1.165, 1.54) is 40.8 Å². The summed E-state index contributed by atoms with van der Waals surface area (Å²) >= 11 is 0. The molecular formula is C22H17F2N7O. The predicted octanol–water partition coefficient (Wildman–Crippen LogP) is 3.24. The van der Waals surface area contributed by atoms with Crippen molar-refractivity contribution in [2.45, 2.75) is 13.0 Å². The fraction of sp³-hybridized carbons (Fsp3) is 0.0909. The van der Waals surface area contributed by atoms with E-state index in [1.807, 2.05) is 6.07 Å². The number of fused-ring (bicyclic) bond motifs is 1. The van der Waals surface area contributed by atoms with Gasteiger partial charge in [-0.25, -0.2) is 8.78 Å². The number of nitrogens with two attached hydrogens (primary N) is 2. The van der Waals surface area contributed by atoms with Gasteiger partial charge in [0.15, 0.2) is 5.82 Å². The highest BCUT2D eigenvalue weighted by atomic mass is 19.1. The van der Waals surface area contributed by atoms with Crippen molar-refractivity contribution in [3.8, 4) is 17.2 Å². The Morgan fingerprint density at radius 3 is 2.47 bits per heavy atom. The quantitative estimate of drug-likeness (QED) is 0.450. The number of nitrogens with zero attached hydrogens (tertiary/aromatic N) is 4. The van der Waals surface area contributed by atoms with E-state index >= 15 is 0 Å². The van der Waals surface area contributed by atoms with Gasteiger partial charge in [0, 0.05) is 11.7 Å². The van der Waals surface area contributed by atoms with Crippen molar-refractivity contribution in [3.05, 3.63) is 81.8 Å². The Hall–Kier alpha value is -4.52. The van der Waals surface area contributed by atoms with Gasteiger partial charge in [-0.2, -0.15) is 15.2 Å². The third-order valence-corrected chi connectivity index (χ3v) is 4.99. The summed E-state index contributed by atoms with van der Waals surface area (Å²) in [5.74, 6) is -1.13. The number of benzene rings is 1. The first kappa shape index (κ1) is 20.7. The molecule has 0 aliphatic heterocycles. The van der Waals surface area contributed by atoms with E-state index in [4.69, 9.17) is 11.5 Å². The van der Waals surface area contributed by atoms with Crippen molar-refractivity contribution in [3.63, 3.8) is 0 Å². The molecule has 32 heavy (non-hydrogen) atoms. The van der Waals surface area contributed by atoms with Gasteiger partial charge >= 0.3 is 0 Å². The van der Waals surface area contributed by atoms with Crippen molar-refractivity contribution < 1.29 is 8.78 Å². The Bertz CT molecular complexity index is 1440. The standard InChI is InChI=1S/C22H17F2N7O/c1-11(28-20-17(9-25)19(26)29-22(27)30-20)16-8-15-7-6-14(24)10-31(15)21(32)18(16)12-2-4-13(23)5-3-12/h2-8,10-11H,1H3,(H5,26,27,28,29,30). The molecule has 0 aliphatic rings. The van der Waals surface area contributed by atoms with E-state index < -0.39 is 23.2 Å². The minimum atomic E-state index is -0.575. The molecule has 10 heteroatoms. The van der Waals surface area contributed by atoms with Crippen LogP contribution in [0.3, 0.4) is 0 Å². The minimum absolute atomic E-state index is 0.00830. The highest BCUT2D eigenvalue weighted by molar-refractivity contribution is 5.72. The maximum Gasteiger partial charge on any atom is 0.263 e. The van der Waals surface area contributed by atoms with Gasteiger partial charge in [-0.1, -0.05) is 12.1 Å². The molecule has 0 fully saturated rings. The molecule has 1 aromatic carbocycles. The maximum atomic E-state index is 13.8. The van der Waals surface area contributed by atoms with Gasteiger partial charge in [-0.05, 0) is 48.4 Å². The summed E-state index contributed by atoms with van der Waals surface area (Å²) in [7, 11) is 0.